The third-order valence-electron chi connectivity index (χ3n) is 3.07. The lowest BCUT2D eigenvalue weighted by atomic mass is 9.89. The third kappa shape index (κ3) is 2.56. The van der Waals surface area contributed by atoms with Crippen LogP contribution < -0.4 is 0 Å². The molecule has 2 rings (SSSR count). The zero-order valence-electron chi connectivity index (χ0n) is 9.17. The van der Waals surface area contributed by atoms with Gasteiger partial charge in [0.05, 0.1) is 13.0 Å². The van der Waals surface area contributed by atoms with Gasteiger partial charge in [-0.15, -0.1) is 5.10 Å². The van der Waals surface area contributed by atoms with Crippen LogP contribution >= 0.6 is 0 Å². The van der Waals surface area contributed by atoms with Crippen molar-refractivity contribution in [2.75, 3.05) is 0 Å². The Morgan fingerprint density at radius 2 is 2.12 bits per heavy atom. The molecule has 0 aliphatic heterocycles. The molecule has 0 spiro atoms. The average molecular weight is 224 g/mol. The average Bonchev–Trinajstić information content (AvgIpc) is 2.75. The number of carboxylic acids is 1. The van der Waals surface area contributed by atoms with Crippen LogP contribution in [-0.4, -0.2) is 31.3 Å². The smallest absolute Gasteiger partial charge is 0.305 e. The van der Waals surface area contributed by atoms with E-state index in [1.54, 1.807) is 4.68 Å². The minimum atomic E-state index is -0.815. The van der Waals surface area contributed by atoms with Gasteiger partial charge in [-0.25, -0.2) is 4.68 Å². The van der Waals surface area contributed by atoms with Gasteiger partial charge < -0.3 is 5.11 Å². The van der Waals surface area contributed by atoms with E-state index in [1.165, 1.54) is 19.3 Å². The second kappa shape index (κ2) is 5.05. The van der Waals surface area contributed by atoms with E-state index in [-0.39, 0.29) is 6.42 Å². The summed E-state index contributed by atoms with van der Waals surface area (Å²) in [6.07, 6.45) is 6.03. The number of hydrogen-bond donors (Lipinski definition) is 1. The van der Waals surface area contributed by atoms with Crippen molar-refractivity contribution in [3.8, 4) is 0 Å². The van der Waals surface area contributed by atoms with Crippen molar-refractivity contribution in [1.82, 2.24) is 20.2 Å². The van der Waals surface area contributed by atoms with E-state index in [0.29, 0.717) is 12.5 Å². The molecule has 1 heterocycles. The maximum atomic E-state index is 10.5. The molecule has 1 fully saturated rings. The zero-order valence-corrected chi connectivity index (χ0v) is 9.17. The fourth-order valence-electron chi connectivity index (χ4n) is 2.23. The van der Waals surface area contributed by atoms with Crippen molar-refractivity contribution in [3.63, 3.8) is 0 Å². The van der Waals surface area contributed by atoms with Gasteiger partial charge in [0.25, 0.3) is 0 Å². The number of carboxylic acid groups (broad SMARTS) is 1. The standard InChI is InChI=1S/C10H16N4O2/c15-9(16)6-7-14-10(11-12-13-14)8-4-2-1-3-5-8/h8H,1-7H2,(H,15,16). The normalized spacial score (nSPS) is 17.5. The van der Waals surface area contributed by atoms with Crippen LogP contribution in [0.25, 0.3) is 0 Å². The molecule has 6 nitrogen and oxygen atoms in total. The maximum Gasteiger partial charge on any atom is 0.305 e. The largest absolute Gasteiger partial charge is 0.481 e. The molecule has 0 radical (unpaired) electrons. The van der Waals surface area contributed by atoms with Crippen LogP contribution in [0.15, 0.2) is 0 Å². The summed E-state index contributed by atoms with van der Waals surface area (Å²) in [6.45, 7) is 0.369. The number of aryl methyl sites for hydroxylation is 1. The molecule has 1 aromatic heterocycles. The number of rotatable bonds is 4. The van der Waals surface area contributed by atoms with E-state index in [1.807, 2.05) is 0 Å². The number of aromatic nitrogens is 4. The molecule has 16 heavy (non-hydrogen) atoms. The predicted octanol–water partition coefficient (Wildman–Crippen LogP) is 1.20. The number of nitrogens with zero attached hydrogens (tertiary/aromatic N) is 4. The molecule has 0 unspecified atom stereocenters. The Hall–Kier alpha value is -1.46. The summed E-state index contributed by atoms with van der Waals surface area (Å²) in [5, 5.41) is 20.2. The first-order chi connectivity index (χ1) is 7.77. The zero-order chi connectivity index (χ0) is 11.4. The molecule has 0 atom stereocenters. The Kier molecular flexibility index (Phi) is 3.48. The topological polar surface area (TPSA) is 80.9 Å². The second-order valence-corrected chi connectivity index (χ2v) is 4.24. The van der Waals surface area contributed by atoms with Gasteiger partial charge in [-0.05, 0) is 23.3 Å². The molecule has 88 valence electrons. The van der Waals surface area contributed by atoms with Gasteiger partial charge in [-0.3, -0.25) is 4.79 Å². The quantitative estimate of drug-likeness (QED) is 0.831. The number of carbonyl (C=O) groups is 1. The Morgan fingerprint density at radius 3 is 2.81 bits per heavy atom. The van der Waals surface area contributed by atoms with Crippen LogP contribution in [0.1, 0.15) is 50.3 Å². The summed E-state index contributed by atoms with van der Waals surface area (Å²) in [5.41, 5.74) is 0. The van der Waals surface area contributed by atoms with Crippen molar-refractivity contribution in [2.45, 2.75) is 51.0 Å². The summed E-state index contributed by atoms with van der Waals surface area (Å²) in [5.74, 6) is 0.462. The molecule has 0 bridgehead atoms. The SMILES string of the molecule is O=C(O)CCn1nnnc1C1CCCCC1. The van der Waals surface area contributed by atoms with Crippen molar-refractivity contribution in [2.24, 2.45) is 0 Å². The number of aliphatic carboxylic acids is 1. The monoisotopic (exact) mass is 224 g/mol. The van der Waals surface area contributed by atoms with Crippen molar-refractivity contribution < 1.29 is 9.90 Å². The molecule has 0 saturated heterocycles. The maximum absolute atomic E-state index is 10.5. The molecule has 0 aromatic carbocycles. The molecule has 6 heteroatoms. The number of hydrogen-bond acceptors (Lipinski definition) is 4. The van der Waals surface area contributed by atoms with Crippen LogP contribution in [-0.2, 0) is 11.3 Å². The van der Waals surface area contributed by atoms with E-state index < -0.39 is 5.97 Å². The van der Waals surface area contributed by atoms with Gasteiger partial charge in [-0.1, -0.05) is 19.3 Å². The molecule has 1 aliphatic rings. The first-order valence-corrected chi connectivity index (χ1v) is 5.75. The van der Waals surface area contributed by atoms with Crippen LogP contribution in [0.4, 0.5) is 0 Å². The molecular weight excluding hydrogens is 208 g/mol. The molecule has 1 saturated carbocycles. The molecule has 0 amide bonds. The fraction of sp³-hybridized carbons (Fsp3) is 0.800. The van der Waals surface area contributed by atoms with E-state index in [4.69, 9.17) is 5.11 Å². The van der Waals surface area contributed by atoms with Gasteiger partial charge in [0.1, 0.15) is 0 Å². The second-order valence-electron chi connectivity index (χ2n) is 4.24. The number of tetrazole rings is 1. The minimum Gasteiger partial charge on any atom is -0.481 e. The van der Waals surface area contributed by atoms with Crippen LogP contribution in [0.3, 0.4) is 0 Å². The van der Waals surface area contributed by atoms with Gasteiger partial charge >= 0.3 is 5.97 Å². The summed E-state index contributed by atoms with van der Waals surface area (Å²) in [6, 6.07) is 0. The highest BCUT2D eigenvalue weighted by molar-refractivity contribution is 5.66. The molecular formula is C10H16N4O2. The highest BCUT2D eigenvalue weighted by Gasteiger charge is 2.21. The first kappa shape index (κ1) is 11.0. The minimum absolute atomic E-state index is 0.0742. The molecule has 1 aliphatic carbocycles. The Morgan fingerprint density at radius 1 is 1.38 bits per heavy atom. The fourth-order valence-corrected chi connectivity index (χ4v) is 2.23. The van der Waals surface area contributed by atoms with E-state index in [2.05, 4.69) is 15.5 Å². The van der Waals surface area contributed by atoms with Gasteiger partial charge in [0.2, 0.25) is 0 Å². The lowest BCUT2D eigenvalue weighted by Crippen LogP contribution is -2.15. The molecule has 1 N–H and O–H groups in total. The highest BCUT2D eigenvalue weighted by Crippen LogP contribution is 2.30. The summed E-state index contributed by atoms with van der Waals surface area (Å²) >= 11 is 0. The highest BCUT2D eigenvalue weighted by atomic mass is 16.4. The lowest BCUT2D eigenvalue weighted by molar-refractivity contribution is -0.137. The van der Waals surface area contributed by atoms with Crippen LogP contribution in [0.5, 0.6) is 0 Å². The first-order valence-electron chi connectivity index (χ1n) is 5.75. The van der Waals surface area contributed by atoms with Crippen molar-refractivity contribution >= 4 is 5.97 Å². The third-order valence-corrected chi connectivity index (χ3v) is 3.07. The van der Waals surface area contributed by atoms with Gasteiger partial charge in [0.15, 0.2) is 5.82 Å². The van der Waals surface area contributed by atoms with Crippen molar-refractivity contribution in [1.29, 1.82) is 0 Å². The summed E-state index contributed by atoms with van der Waals surface area (Å²) in [4.78, 5) is 10.5. The van der Waals surface area contributed by atoms with Crippen LogP contribution in [0.2, 0.25) is 0 Å². The van der Waals surface area contributed by atoms with Crippen molar-refractivity contribution in [3.05, 3.63) is 5.82 Å². The Balaban J connectivity index is 2.02. The van der Waals surface area contributed by atoms with Gasteiger partial charge in [-0.2, -0.15) is 0 Å². The molecule has 1 aromatic rings. The van der Waals surface area contributed by atoms with E-state index in [9.17, 15) is 4.79 Å². The van der Waals surface area contributed by atoms with E-state index >= 15 is 0 Å². The Labute approximate surface area is 93.6 Å². The predicted molar refractivity (Wildman–Crippen MR) is 55.9 cm³/mol. The van der Waals surface area contributed by atoms with E-state index in [0.717, 1.165) is 18.7 Å². The summed E-state index contributed by atoms with van der Waals surface area (Å²) in [7, 11) is 0. The Bertz CT molecular complexity index is 357. The van der Waals surface area contributed by atoms with Crippen LogP contribution in [0, 0.1) is 0 Å². The summed E-state index contributed by atoms with van der Waals surface area (Å²) < 4.78 is 1.64. The lowest BCUT2D eigenvalue weighted by Gasteiger charge is -2.20. The van der Waals surface area contributed by atoms with Gasteiger partial charge in [0, 0.05) is 5.92 Å².